The van der Waals surface area contributed by atoms with Gasteiger partial charge in [0.1, 0.15) is 23.6 Å². The molecule has 0 saturated carbocycles. The maximum Gasteiger partial charge on any atom is 0.257 e. The van der Waals surface area contributed by atoms with E-state index in [-0.39, 0.29) is 28.9 Å². The summed E-state index contributed by atoms with van der Waals surface area (Å²) in [5.74, 6) is 0.301. The molecule has 5 heterocycles. The van der Waals surface area contributed by atoms with Crippen molar-refractivity contribution in [1.82, 2.24) is 19.6 Å². The van der Waals surface area contributed by atoms with Crippen LogP contribution in [0.25, 0.3) is 11.0 Å². The molecule has 0 aliphatic carbocycles. The van der Waals surface area contributed by atoms with Crippen LogP contribution in [0.5, 0.6) is 0 Å². The minimum absolute atomic E-state index is 0.0320. The second-order valence-electron chi connectivity index (χ2n) is 13.0. The molecule has 2 aromatic carbocycles. The summed E-state index contributed by atoms with van der Waals surface area (Å²) in [4.78, 5) is 38.0. The number of nitrogens with zero attached hydrogens (tertiary/aromatic N) is 6. The van der Waals surface area contributed by atoms with Gasteiger partial charge in [-0.25, -0.2) is 13.8 Å². The lowest BCUT2D eigenvalue weighted by Gasteiger charge is -2.37. The second kappa shape index (κ2) is 13.2. The number of hydrogen-bond acceptors (Lipinski definition) is 9. The number of anilines is 2. The van der Waals surface area contributed by atoms with E-state index in [1.807, 2.05) is 6.92 Å². The Balaban J connectivity index is 0.947. The zero-order valence-corrected chi connectivity index (χ0v) is 26.6. The van der Waals surface area contributed by atoms with E-state index in [1.54, 1.807) is 16.7 Å². The maximum atomic E-state index is 14.5. The molecule has 7 rings (SSSR count). The predicted molar refractivity (Wildman–Crippen MR) is 174 cm³/mol. The van der Waals surface area contributed by atoms with Crippen LogP contribution in [0, 0.1) is 24.5 Å². The zero-order valence-electron chi connectivity index (χ0n) is 26.6. The van der Waals surface area contributed by atoms with E-state index in [4.69, 9.17) is 4.52 Å². The molecule has 1 N–H and O–H groups in total. The molecule has 0 radical (unpaired) electrons. The molecule has 1 atom stereocenters. The van der Waals surface area contributed by atoms with Gasteiger partial charge in [0.2, 0.25) is 0 Å². The molecule has 2 fully saturated rings. The molecular weight excluding hydrogens is 606 g/mol. The van der Waals surface area contributed by atoms with Crippen molar-refractivity contribution in [3.63, 3.8) is 0 Å². The topological polar surface area (TPSA) is 108 Å². The van der Waals surface area contributed by atoms with E-state index in [0.717, 1.165) is 56.3 Å². The first-order valence-electron chi connectivity index (χ1n) is 16.7. The highest BCUT2D eigenvalue weighted by Crippen LogP contribution is 2.32. The van der Waals surface area contributed by atoms with E-state index < -0.39 is 6.10 Å². The highest BCUT2D eigenvalue weighted by atomic mass is 19.1. The Morgan fingerprint density at radius 1 is 0.957 bits per heavy atom. The Bertz CT molecular complexity index is 1840. The van der Waals surface area contributed by atoms with E-state index in [1.165, 1.54) is 24.3 Å². The molecule has 3 aliphatic heterocycles. The average Bonchev–Trinajstić information content (AvgIpc) is 3.50. The van der Waals surface area contributed by atoms with Crippen molar-refractivity contribution in [3.8, 4) is 0 Å². The van der Waals surface area contributed by atoms with Crippen LogP contribution in [0.3, 0.4) is 0 Å². The second-order valence-corrected chi connectivity index (χ2v) is 13.0. The number of benzene rings is 2. The number of aliphatic hydroxyl groups is 1. The van der Waals surface area contributed by atoms with Crippen molar-refractivity contribution in [1.29, 1.82) is 0 Å². The van der Waals surface area contributed by atoms with Gasteiger partial charge in [-0.05, 0) is 95.4 Å². The number of carbonyl (C=O) groups excluding carboxylic acids is 1. The largest absolute Gasteiger partial charge is 0.385 e. The van der Waals surface area contributed by atoms with Gasteiger partial charge in [0.25, 0.3) is 5.56 Å². The summed E-state index contributed by atoms with van der Waals surface area (Å²) in [5.41, 5.74) is 2.97. The number of aromatic nitrogens is 3. The molecular formula is C35H40F2N6O4. The van der Waals surface area contributed by atoms with Crippen LogP contribution in [0.2, 0.25) is 0 Å². The van der Waals surface area contributed by atoms with Crippen molar-refractivity contribution >= 4 is 28.3 Å². The lowest BCUT2D eigenvalue weighted by Crippen LogP contribution is -2.47. The number of fused-ring (bicyclic) bond motifs is 2. The summed E-state index contributed by atoms with van der Waals surface area (Å²) in [6.45, 7) is 7.17. The Labute approximate surface area is 271 Å². The Morgan fingerprint density at radius 3 is 2.47 bits per heavy atom. The van der Waals surface area contributed by atoms with Crippen molar-refractivity contribution in [2.45, 2.75) is 58.1 Å². The fourth-order valence-electron chi connectivity index (χ4n) is 7.43. The number of halogens is 2. The summed E-state index contributed by atoms with van der Waals surface area (Å²) in [6, 6.07) is 8.83. The molecule has 248 valence electrons. The quantitative estimate of drug-likeness (QED) is 0.274. The van der Waals surface area contributed by atoms with Crippen LogP contribution in [0.15, 0.2) is 45.7 Å². The highest BCUT2D eigenvalue weighted by Gasteiger charge is 2.30. The standard InChI is InChI=1S/C35H40F2N6O4/c1-22-26(35(46)43-13-3-5-30(44)34(43)38-22)4-2-12-40-14-10-23(11-15-40)32(45)27-8-6-24(36)20-29(27)41-16-18-42(19-17-41)33-28-9-7-25(37)21-31(28)47-39-33/h6-9,20-21,23,30,44H,2-5,10-19H2,1H3. The third-order valence-corrected chi connectivity index (χ3v) is 10.1. The molecule has 2 saturated heterocycles. The van der Waals surface area contributed by atoms with Crippen LogP contribution < -0.4 is 15.4 Å². The number of carbonyl (C=O) groups is 1. The first kappa shape index (κ1) is 31.4. The number of ketones is 1. The minimum atomic E-state index is -0.676. The molecule has 0 spiro atoms. The number of hydrogen-bond donors (Lipinski definition) is 1. The third-order valence-electron chi connectivity index (χ3n) is 10.1. The molecule has 2 aromatic heterocycles. The van der Waals surface area contributed by atoms with Crippen LogP contribution in [-0.2, 0) is 13.0 Å². The van der Waals surface area contributed by atoms with E-state index in [2.05, 4.69) is 24.8 Å². The molecule has 12 heteroatoms. The molecule has 0 bridgehead atoms. The minimum Gasteiger partial charge on any atom is -0.385 e. The van der Waals surface area contributed by atoms with Crippen molar-refractivity contribution in [3.05, 3.63) is 81.0 Å². The maximum absolute atomic E-state index is 14.5. The fourth-order valence-corrected chi connectivity index (χ4v) is 7.43. The van der Waals surface area contributed by atoms with E-state index in [9.17, 15) is 23.5 Å². The SMILES string of the molecule is Cc1nc2n(c(=O)c1CCCN1CCC(C(=O)c3ccc(F)cc3N3CCN(c4noc5cc(F)ccc45)CC3)CC1)CCCC2O. The van der Waals surface area contributed by atoms with Gasteiger partial charge in [0.15, 0.2) is 17.2 Å². The number of aryl methyl sites for hydroxylation is 1. The smallest absolute Gasteiger partial charge is 0.257 e. The zero-order chi connectivity index (χ0) is 32.7. The monoisotopic (exact) mass is 646 g/mol. The van der Waals surface area contributed by atoms with Gasteiger partial charge in [-0.15, -0.1) is 0 Å². The Kier molecular flexibility index (Phi) is 8.80. The number of piperazine rings is 1. The summed E-state index contributed by atoms with van der Waals surface area (Å²) >= 11 is 0. The van der Waals surface area contributed by atoms with E-state index in [0.29, 0.717) is 79.7 Å². The number of Topliss-reactive ketones (excluding diaryl/α,β-unsaturated/α-hetero) is 1. The molecule has 10 nitrogen and oxygen atoms in total. The molecule has 1 unspecified atom stereocenters. The summed E-state index contributed by atoms with van der Waals surface area (Å²) in [6.07, 6.45) is 3.62. The Hall–Kier alpha value is -4.16. The summed E-state index contributed by atoms with van der Waals surface area (Å²) < 4.78 is 35.1. The highest BCUT2D eigenvalue weighted by molar-refractivity contribution is 6.03. The van der Waals surface area contributed by atoms with Crippen LogP contribution in [-0.4, -0.2) is 76.3 Å². The Morgan fingerprint density at radius 2 is 1.68 bits per heavy atom. The van der Waals surface area contributed by atoms with Gasteiger partial charge < -0.3 is 24.3 Å². The van der Waals surface area contributed by atoms with Crippen LogP contribution in [0.4, 0.5) is 20.3 Å². The first-order chi connectivity index (χ1) is 22.8. The number of piperidine rings is 1. The predicted octanol–water partition coefficient (Wildman–Crippen LogP) is 4.65. The molecule has 47 heavy (non-hydrogen) atoms. The van der Waals surface area contributed by atoms with Gasteiger partial charge in [-0.3, -0.25) is 14.2 Å². The summed E-state index contributed by atoms with van der Waals surface area (Å²) in [7, 11) is 0. The number of rotatable bonds is 8. The average molecular weight is 647 g/mol. The molecule has 3 aliphatic rings. The van der Waals surface area contributed by atoms with E-state index >= 15 is 0 Å². The van der Waals surface area contributed by atoms with Gasteiger partial charge in [0, 0.05) is 61.5 Å². The number of aliphatic hydroxyl groups excluding tert-OH is 1. The lowest BCUT2D eigenvalue weighted by molar-refractivity contribution is 0.0840. The van der Waals surface area contributed by atoms with Gasteiger partial charge in [0.05, 0.1) is 11.1 Å². The van der Waals surface area contributed by atoms with Crippen LogP contribution >= 0.6 is 0 Å². The summed E-state index contributed by atoms with van der Waals surface area (Å²) in [5, 5.41) is 15.2. The van der Waals surface area contributed by atoms with Gasteiger partial charge in [-0.1, -0.05) is 5.16 Å². The molecule has 4 aromatic rings. The van der Waals surface area contributed by atoms with Gasteiger partial charge in [-0.2, -0.15) is 0 Å². The third kappa shape index (κ3) is 6.28. The van der Waals surface area contributed by atoms with Crippen molar-refractivity contribution < 1.29 is 23.2 Å². The van der Waals surface area contributed by atoms with Crippen molar-refractivity contribution in [2.24, 2.45) is 5.92 Å². The fraction of sp³-hybridized carbons (Fsp3) is 0.486. The lowest BCUT2D eigenvalue weighted by atomic mass is 9.87. The molecule has 0 amide bonds. The number of likely N-dealkylation sites (tertiary alicyclic amines) is 1. The first-order valence-corrected chi connectivity index (χ1v) is 16.7. The van der Waals surface area contributed by atoms with Gasteiger partial charge >= 0.3 is 0 Å². The van der Waals surface area contributed by atoms with Crippen molar-refractivity contribution in [2.75, 3.05) is 55.6 Å². The normalized spacial score (nSPS) is 19.4. The van der Waals surface area contributed by atoms with Crippen LogP contribution in [0.1, 0.15) is 65.6 Å².